The Labute approximate surface area is 115 Å². The Balaban J connectivity index is 2.23. The Morgan fingerprint density at radius 2 is 1.95 bits per heavy atom. The van der Waals surface area contributed by atoms with Crippen molar-refractivity contribution in [1.82, 2.24) is 9.97 Å². The Morgan fingerprint density at radius 1 is 1.16 bits per heavy atom. The summed E-state index contributed by atoms with van der Waals surface area (Å²) in [5.41, 5.74) is 3.82. The molecule has 0 saturated heterocycles. The molecule has 2 heterocycles. The zero-order valence-electron chi connectivity index (χ0n) is 12.2. The highest BCUT2D eigenvalue weighted by atomic mass is 14.7. The van der Waals surface area contributed by atoms with Crippen molar-refractivity contribution in [1.29, 1.82) is 0 Å². The van der Waals surface area contributed by atoms with Gasteiger partial charge in [0.05, 0.1) is 0 Å². The lowest BCUT2D eigenvalue weighted by Gasteiger charge is -2.24. The summed E-state index contributed by atoms with van der Waals surface area (Å²) in [7, 11) is 0. The topological polar surface area (TPSA) is 25.8 Å². The molecule has 2 aromatic rings. The lowest BCUT2D eigenvalue weighted by molar-refractivity contribution is 0.513. The summed E-state index contributed by atoms with van der Waals surface area (Å²) in [6.45, 7) is 8.91. The molecule has 0 amide bonds. The van der Waals surface area contributed by atoms with Crippen molar-refractivity contribution in [2.45, 2.75) is 45.4 Å². The highest BCUT2D eigenvalue weighted by Gasteiger charge is 2.22. The number of aromatic nitrogens is 2. The lowest BCUT2D eigenvalue weighted by Crippen LogP contribution is -2.21. The van der Waals surface area contributed by atoms with Crippen LogP contribution in [0.5, 0.6) is 0 Å². The van der Waals surface area contributed by atoms with Crippen LogP contribution in [0.1, 0.15) is 50.4 Å². The van der Waals surface area contributed by atoms with Crippen molar-refractivity contribution in [3.8, 4) is 0 Å². The Kier molecular flexibility index (Phi) is 3.98. The molecule has 2 nitrogen and oxygen atoms in total. The predicted octanol–water partition coefficient (Wildman–Crippen LogP) is 4.12. The fourth-order valence-electron chi connectivity index (χ4n) is 2.27. The predicted molar refractivity (Wildman–Crippen MR) is 79.3 cm³/mol. The van der Waals surface area contributed by atoms with Gasteiger partial charge in [-0.15, -0.1) is 0 Å². The van der Waals surface area contributed by atoms with Crippen LogP contribution in [0.15, 0.2) is 42.9 Å². The van der Waals surface area contributed by atoms with Gasteiger partial charge < -0.3 is 0 Å². The molecule has 2 aromatic heterocycles. The van der Waals surface area contributed by atoms with Gasteiger partial charge >= 0.3 is 0 Å². The fourth-order valence-corrected chi connectivity index (χ4v) is 2.27. The highest BCUT2D eigenvalue weighted by molar-refractivity contribution is 5.25. The number of pyridine rings is 2. The number of rotatable bonds is 4. The fraction of sp³-hybridized carbons (Fsp3) is 0.412. The standard InChI is InChI=1S/C17H22N2/c1-13(2)14-7-9-19-16(10-14)11-17(3,4)15-6-5-8-18-12-15/h5-10,12-13H,11H2,1-4H3. The lowest BCUT2D eigenvalue weighted by atomic mass is 9.81. The maximum atomic E-state index is 4.51. The molecule has 0 saturated carbocycles. The third-order valence-corrected chi connectivity index (χ3v) is 3.57. The minimum Gasteiger partial charge on any atom is -0.264 e. The van der Waals surface area contributed by atoms with Gasteiger partial charge in [0.25, 0.3) is 0 Å². The quantitative estimate of drug-likeness (QED) is 0.820. The molecule has 100 valence electrons. The van der Waals surface area contributed by atoms with Crippen LogP contribution in [-0.2, 0) is 11.8 Å². The number of hydrogen-bond acceptors (Lipinski definition) is 2. The van der Waals surface area contributed by atoms with E-state index >= 15 is 0 Å². The summed E-state index contributed by atoms with van der Waals surface area (Å²) in [4.78, 5) is 8.73. The van der Waals surface area contributed by atoms with E-state index in [-0.39, 0.29) is 5.41 Å². The van der Waals surface area contributed by atoms with Crippen molar-refractivity contribution >= 4 is 0 Å². The molecule has 2 heteroatoms. The van der Waals surface area contributed by atoms with Crippen LogP contribution in [0.3, 0.4) is 0 Å². The number of hydrogen-bond donors (Lipinski definition) is 0. The van der Waals surface area contributed by atoms with Crippen molar-refractivity contribution in [3.63, 3.8) is 0 Å². The van der Waals surface area contributed by atoms with Gasteiger partial charge in [0.15, 0.2) is 0 Å². The Hall–Kier alpha value is -1.70. The average molecular weight is 254 g/mol. The van der Waals surface area contributed by atoms with Gasteiger partial charge in [0.1, 0.15) is 0 Å². The highest BCUT2D eigenvalue weighted by Crippen LogP contribution is 2.27. The first-order valence-electron chi connectivity index (χ1n) is 6.84. The maximum absolute atomic E-state index is 4.51. The molecule has 0 aliphatic carbocycles. The van der Waals surface area contributed by atoms with E-state index in [4.69, 9.17) is 0 Å². The van der Waals surface area contributed by atoms with Crippen molar-refractivity contribution in [2.75, 3.05) is 0 Å². The van der Waals surface area contributed by atoms with Crippen LogP contribution in [0, 0.1) is 0 Å². The van der Waals surface area contributed by atoms with E-state index in [2.05, 4.69) is 55.9 Å². The molecule has 0 radical (unpaired) electrons. The van der Waals surface area contributed by atoms with Crippen molar-refractivity contribution in [3.05, 3.63) is 59.7 Å². The third-order valence-electron chi connectivity index (χ3n) is 3.57. The van der Waals surface area contributed by atoms with Gasteiger partial charge in [0.2, 0.25) is 0 Å². The van der Waals surface area contributed by atoms with Gasteiger partial charge in [-0.3, -0.25) is 9.97 Å². The van der Waals surface area contributed by atoms with Gasteiger partial charge in [-0.05, 0) is 47.1 Å². The normalized spacial score (nSPS) is 11.8. The van der Waals surface area contributed by atoms with Crippen molar-refractivity contribution in [2.24, 2.45) is 0 Å². The molecule has 0 spiro atoms. The van der Waals surface area contributed by atoms with E-state index in [0.29, 0.717) is 5.92 Å². The molecule has 2 rings (SSSR count). The summed E-state index contributed by atoms with van der Waals surface area (Å²) in [6.07, 6.45) is 6.62. The van der Waals surface area contributed by atoms with E-state index in [1.165, 1.54) is 11.1 Å². The van der Waals surface area contributed by atoms with E-state index in [0.717, 1.165) is 12.1 Å². The summed E-state index contributed by atoms with van der Waals surface area (Å²) >= 11 is 0. The third kappa shape index (κ3) is 3.40. The molecule has 19 heavy (non-hydrogen) atoms. The maximum Gasteiger partial charge on any atom is 0.0415 e. The Morgan fingerprint density at radius 3 is 2.58 bits per heavy atom. The van der Waals surface area contributed by atoms with Gasteiger partial charge in [-0.2, -0.15) is 0 Å². The molecular formula is C17H22N2. The summed E-state index contributed by atoms with van der Waals surface area (Å²) < 4.78 is 0. The minimum absolute atomic E-state index is 0.0524. The molecule has 0 unspecified atom stereocenters. The zero-order chi connectivity index (χ0) is 13.9. The molecule has 0 bridgehead atoms. The van der Waals surface area contributed by atoms with Crippen molar-refractivity contribution < 1.29 is 0 Å². The molecule has 0 aromatic carbocycles. The second-order valence-electron chi connectivity index (χ2n) is 6.04. The van der Waals surface area contributed by atoms with E-state index < -0.39 is 0 Å². The van der Waals surface area contributed by atoms with Crippen LogP contribution in [0.2, 0.25) is 0 Å². The smallest absolute Gasteiger partial charge is 0.0415 e. The van der Waals surface area contributed by atoms with E-state index in [1.54, 1.807) is 0 Å². The molecule has 0 aliphatic rings. The first-order valence-corrected chi connectivity index (χ1v) is 6.84. The van der Waals surface area contributed by atoms with Crippen LogP contribution in [0.4, 0.5) is 0 Å². The van der Waals surface area contributed by atoms with Gasteiger partial charge in [-0.1, -0.05) is 33.8 Å². The zero-order valence-corrected chi connectivity index (χ0v) is 12.2. The molecule has 0 fully saturated rings. The van der Waals surface area contributed by atoms with E-state index in [9.17, 15) is 0 Å². The van der Waals surface area contributed by atoms with Gasteiger partial charge in [-0.25, -0.2) is 0 Å². The second kappa shape index (κ2) is 5.52. The SMILES string of the molecule is CC(C)c1ccnc(CC(C)(C)c2cccnc2)c1. The summed E-state index contributed by atoms with van der Waals surface area (Å²) in [5, 5.41) is 0. The second-order valence-corrected chi connectivity index (χ2v) is 6.04. The monoisotopic (exact) mass is 254 g/mol. The first-order chi connectivity index (χ1) is 8.99. The van der Waals surface area contributed by atoms with Crippen LogP contribution in [0.25, 0.3) is 0 Å². The van der Waals surface area contributed by atoms with Crippen LogP contribution in [-0.4, -0.2) is 9.97 Å². The largest absolute Gasteiger partial charge is 0.264 e. The Bertz CT molecular complexity index is 530. The molecule has 0 aliphatic heterocycles. The number of nitrogens with zero attached hydrogens (tertiary/aromatic N) is 2. The minimum atomic E-state index is 0.0524. The average Bonchev–Trinajstić information content (AvgIpc) is 2.39. The van der Waals surface area contributed by atoms with Gasteiger partial charge in [0, 0.05) is 24.3 Å². The van der Waals surface area contributed by atoms with E-state index in [1.807, 2.05) is 24.7 Å². The van der Waals surface area contributed by atoms with Crippen LogP contribution >= 0.6 is 0 Å². The summed E-state index contributed by atoms with van der Waals surface area (Å²) in [6, 6.07) is 8.46. The summed E-state index contributed by atoms with van der Waals surface area (Å²) in [5.74, 6) is 0.545. The molecule has 0 atom stereocenters. The first kappa shape index (κ1) is 13.7. The molecular weight excluding hydrogens is 232 g/mol. The molecule has 0 N–H and O–H groups in total. The van der Waals surface area contributed by atoms with Crippen LogP contribution < -0.4 is 0 Å².